The molecule has 4 aromatic rings. The molecule has 1 saturated carbocycles. The van der Waals surface area contributed by atoms with Crippen LogP contribution in [0.1, 0.15) is 47.2 Å². The molecule has 1 aliphatic carbocycles. The van der Waals surface area contributed by atoms with Crippen LogP contribution in [0.3, 0.4) is 0 Å². The molecule has 0 spiro atoms. The summed E-state index contributed by atoms with van der Waals surface area (Å²) in [5.74, 6) is 0.159. The van der Waals surface area contributed by atoms with Gasteiger partial charge < -0.3 is 25.5 Å². The molecule has 39 heavy (non-hydrogen) atoms. The number of halogens is 1. The number of anilines is 2. The van der Waals surface area contributed by atoms with Crippen molar-refractivity contribution in [3.8, 4) is 0 Å². The number of ether oxygens (including phenoxy) is 1. The molecule has 1 saturated heterocycles. The lowest BCUT2D eigenvalue weighted by atomic mass is 9.95. The van der Waals surface area contributed by atoms with Gasteiger partial charge in [-0.05, 0) is 49.4 Å². The first-order valence-electron chi connectivity index (χ1n) is 13.0. The van der Waals surface area contributed by atoms with Crippen molar-refractivity contribution in [2.75, 3.05) is 23.8 Å². The Morgan fingerprint density at radius 1 is 1.10 bits per heavy atom. The van der Waals surface area contributed by atoms with E-state index in [2.05, 4.69) is 25.6 Å². The van der Waals surface area contributed by atoms with Crippen LogP contribution in [0, 0.1) is 0 Å². The number of aliphatic hydroxyl groups is 1. The summed E-state index contributed by atoms with van der Waals surface area (Å²) >= 11 is 6.58. The van der Waals surface area contributed by atoms with Crippen molar-refractivity contribution in [2.24, 2.45) is 0 Å². The summed E-state index contributed by atoms with van der Waals surface area (Å²) in [7, 11) is 0. The number of aliphatic hydroxyl groups excluding tert-OH is 1. The number of carbonyl (C=O) groups excluding carboxylic acids is 2. The van der Waals surface area contributed by atoms with Gasteiger partial charge in [-0.1, -0.05) is 41.9 Å². The third-order valence-corrected chi connectivity index (χ3v) is 7.92. The number of amides is 1. The highest BCUT2D eigenvalue weighted by atomic mass is 35.5. The third kappa shape index (κ3) is 4.89. The Bertz CT molecular complexity index is 1530. The zero-order chi connectivity index (χ0) is 27.0. The summed E-state index contributed by atoms with van der Waals surface area (Å²) in [4.78, 5) is 38.5. The maximum absolute atomic E-state index is 13.6. The molecule has 2 aromatic heterocycles. The average molecular weight is 546 g/mol. The van der Waals surface area contributed by atoms with E-state index in [9.17, 15) is 14.7 Å². The molecule has 1 aliphatic heterocycles. The van der Waals surface area contributed by atoms with Crippen LogP contribution in [0.2, 0.25) is 5.02 Å². The highest BCUT2D eigenvalue weighted by molar-refractivity contribution is 6.36. The minimum atomic E-state index is -0.516. The molecule has 2 aromatic carbocycles. The van der Waals surface area contributed by atoms with Gasteiger partial charge >= 0.3 is 0 Å². The van der Waals surface area contributed by atoms with E-state index in [1.807, 2.05) is 30.3 Å². The van der Waals surface area contributed by atoms with Gasteiger partial charge in [0.2, 0.25) is 5.91 Å². The lowest BCUT2D eigenvalue weighted by Crippen LogP contribution is -2.36. The molecular formula is C29H28ClN5O4. The lowest BCUT2D eigenvalue weighted by Gasteiger charge is -2.29. The molecule has 2 atom stereocenters. The van der Waals surface area contributed by atoms with E-state index in [0.717, 1.165) is 31.2 Å². The molecule has 9 nitrogen and oxygen atoms in total. The summed E-state index contributed by atoms with van der Waals surface area (Å²) in [6.45, 7) is 0.424. The van der Waals surface area contributed by atoms with Gasteiger partial charge in [-0.3, -0.25) is 9.59 Å². The Balaban J connectivity index is 1.22. The number of benzene rings is 2. The first-order valence-corrected chi connectivity index (χ1v) is 13.4. The van der Waals surface area contributed by atoms with Crippen molar-refractivity contribution in [1.29, 1.82) is 0 Å². The van der Waals surface area contributed by atoms with Crippen molar-refractivity contribution in [3.05, 3.63) is 82.8 Å². The number of aromatic amines is 1. The number of hydrogen-bond acceptors (Lipinski definition) is 7. The van der Waals surface area contributed by atoms with Crippen LogP contribution in [0.5, 0.6) is 0 Å². The maximum atomic E-state index is 13.6. The van der Waals surface area contributed by atoms with Crippen molar-refractivity contribution in [1.82, 2.24) is 15.0 Å². The first kappa shape index (κ1) is 25.5. The van der Waals surface area contributed by atoms with Gasteiger partial charge in [0.05, 0.1) is 46.7 Å². The van der Waals surface area contributed by atoms with E-state index in [-0.39, 0.29) is 35.5 Å². The van der Waals surface area contributed by atoms with E-state index in [1.165, 1.54) is 6.33 Å². The number of nitrogens with zero attached hydrogens (tertiary/aromatic N) is 2. The molecule has 1 amide bonds. The van der Waals surface area contributed by atoms with Crippen molar-refractivity contribution >= 4 is 45.8 Å². The molecule has 0 unspecified atom stereocenters. The Kier molecular flexibility index (Phi) is 6.80. The number of hydrogen-bond donors (Lipinski definition) is 4. The normalized spacial score (nSPS) is 19.9. The highest BCUT2D eigenvalue weighted by Crippen LogP contribution is 2.49. The molecule has 6 rings (SSSR count). The topological polar surface area (TPSA) is 129 Å². The highest BCUT2D eigenvalue weighted by Gasteiger charge is 2.51. The van der Waals surface area contributed by atoms with Crippen LogP contribution in [0.25, 0.3) is 11.0 Å². The minimum Gasteiger partial charge on any atom is -0.394 e. The smallest absolute Gasteiger partial charge is 0.235 e. The standard InChI is InChI=1S/C29H28ClN5O4/c30-23-12-18(35-28(38)29(10-11-29)17-4-2-1-3-5-17)7-9-21(23)25(37)22-13-31-26-24(22)27(33-16-32-26)34-19-6-8-20(14-36)39-15-19/h1-5,7,9,12-13,16,19-20,36H,6,8,10-11,14-15H2,(H,35,38)(H2,31,32,33,34)/t19-,20+/m1/s1. The molecule has 0 radical (unpaired) electrons. The quantitative estimate of drug-likeness (QED) is 0.240. The molecule has 10 heteroatoms. The molecule has 2 fully saturated rings. The van der Waals surface area contributed by atoms with Crippen LogP contribution in [-0.2, 0) is 14.9 Å². The largest absolute Gasteiger partial charge is 0.394 e. The molecule has 0 bridgehead atoms. The zero-order valence-corrected chi connectivity index (χ0v) is 21.9. The predicted octanol–water partition coefficient (Wildman–Crippen LogP) is 4.46. The number of rotatable bonds is 8. The molecule has 4 N–H and O–H groups in total. The third-order valence-electron chi connectivity index (χ3n) is 7.61. The van der Waals surface area contributed by atoms with E-state index in [4.69, 9.17) is 16.3 Å². The van der Waals surface area contributed by atoms with Gasteiger partial charge in [-0.25, -0.2) is 9.97 Å². The Labute approximate surface area is 230 Å². The first-order chi connectivity index (χ1) is 19.0. The van der Waals surface area contributed by atoms with E-state index in [1.54, 1.807) is 24.4 Å². The molecular weight excluding hydrogens is 518 g/mol. The second-order valence-electron chi connectivity index (χ2n) is 10.1. The number of H-pyrrole nitrogens is 1. The minimum absolute atomic E-state index is 0.00192. The SMILES string of the molecule is O=C(c1ccc(NC(=O)C2(c3ccccc3)CC2)cc1Cl)c1c[nH]c2ncnc(N[C@@H]3CC[C@@H](CO)OC3)c12. The van der Waals surface area contributed by atoms with Gasteiger partial charge in [-0.2, -0.15) is 0 Å². The van der Waals surface area contributed by atoms with Gasteiger partial charge in [0.25, 0.3) is 0 Å². The van der Waals surface area contributed by atoms with E-state index in [0.29, 0.717) is 40.3 Å². The number of nitrogens with one attached hydrogen (secondary N) is 3. The molecule has 200 valence electrons. The summed E-state index contributed by atoms with van der Waals surface area (Å²) in [5.41, 5.74) is 2.24. The van der Waals surface area contributed by atoms with Gasteiger partial charge in [0.1, 0.15) is 17.8 Å². The Hall–Kier alpha value is -3.79. The number of ketones is 1. The molecule has 2 aliphatic rings. The average Bonchev–Trinajstić information content (AvgIpc) is 3.67. The Morgan fingerprint density at radius 2 is 1.92 bits per heavy atom. The fourth-order valence-corrected chi connectivity index (χ4v) is 5.48. The van der Waals surface area contributed by atoms with Crippen molar-refractivity contribution in [2.45, 2.75) is 43.2 Å². The maximum Gasteiger partial charge on any atom is 0.235 e. The van der Waals surface area contributed by atoms with Gasteiger partial charge in [0, 0.05) is 17.4 Å². The second-order valence-corrected chi connectivity index (χ2v) is 10.5. The van der Waals surface area contributed by atoms with Crippen molar-refractivity contribution in [3.63, 3.8) is 0 Å². The monoisotopic (exact) mass is 545 g/mol. The van der Waals surface area contributed by atoms with Crippen LogP contribution in [0.15, 0.2) is 61.1 Å². The fraction of sp³-hybridized carbons (Fsp3) is 0.310. The van der Waals surface area contributed by atoms with Gasteiger partial charge in [0.15, 0.2) is 5.78 Å². The lowest BCUT2D eigenvalue weighted by molar-refractivity contribution is -0.118. The van der Waals surface area contributed by atoms with E-state index < -0.39 is 5.41 Å². The summed E-state index contributed by atoms with van der Waals surface area (Å²) < 4.78 is 5.68. The van der Waals surface area contributed by atoms with Crippen LogP contribution in [0.4, 0.5) is 11.5 Å². The van der Waals surface area contributed by atoms with E-state index >= 15 is 0 Å². The number of aromatic nitrogens is 3. The van der Waals surface area contributed by atoms with Crippen LogP contribution in [-0.4, -0.2) is 57.1 Å². The zero-order valence-electron chi connectivity index (χ0n) is 21.1. The Morgan fingerprint density at radius 3 is 2.62 bits per heavy atom. The van der Waals surface area contributed by atoms with Crippen molar-refractivity contribution < 1.29 is 19.4 Å². The number of fused-ring (bicyclic) bond motifs is 1. The predicted molar refractivity (Wildman–Crippen MR) is 148 cm³/mol. The van der Waals surface area contributed by atoms with Crippen LogP contribution >= 0.6 is 11.6 Å². The second kappa shape index (κ2) is 10.4. The summed E-state index contributed by atoms with van der Waals surface area (Å²) in [6, 6.07) is 14.7. The summed E-state index contributed by atoms with van der Waals surface area (Å²) in [5, 5.41) is 16.5. The fourth-order valence-electron chi connectivity index (χ4n) is 5.21. The van der Waals surface area contributed by atoms with Gasteiger partial charge in [-0.15, -0.1) is 0 Å². The summed E-state index contributed by atoms with van der Waals surface area (Å²) in [6.07, 6.45) is 6.00. The molecule has 3 heterocycles. The number of carbonyl (C=O) groups is 2. The van der Waals surface area contributed by atoms with Crippen LogP contribution < -0.4 is 10.6 Å².